The molecule has 90 heavy (non-hydrogen) atoms. The Morgan fingerprint density at radius 3 is 0.878 bits per heavy atom. The van der Waals surface area contributed by atoms with E-state index in [2.05, 4.69) is 135 Å². The van der Waals surface area contributed by atoms with Crippen molar-refractivity contribution in [3.05, 3.63) is 203 Å². The summed E-state index contributed by atoms with van der Waals surface area (Å²) in [6.45, 7) is 70.5. The zero-order valence-electron chi connectivity index (χ0n) is 62.0. The summed E-state index contributed by atoms with van der Waals surface area (Å²) in [5.74, 6) is 0. The van der Waals surface area contributed by atoms with Crippen LogP contribution in [0.1, 0.15) is 210 Å². The Morgan fingerprint density at radius 2 is 0.700 bits per heavy atom. The van der Waals surface area contributed by atoms with Crippen LogP contribution < -0.4 is 0 Å². The quantitative estimate of drug-likeness (QED) is 0.0499. The Kier molecular flexibility index (Phi) is 105. The Bertz CT molecular complexity index is 2090. The van der Waals surface area contributed by atoms with E-state index in [-0.39, 0.29) is 116 Å². The molecule has 4 aromatic rings. The Hall–Kier alpha value is -1.25. The molecule has 1 heterocycles. The van der Waals surface area contributed by atoms with Crippen LogP contribution in [0.15, 0.2) is 146 Å². The van der Waals surface area contributed by atoms with Crippen LogP contribution in [0.4, 0.5) is 0 Å². The van der Waals surface area contributed by atoms with Crippen LogP contribution in [0, 0.1) is 40.9 Å². The average molecular weight is 1510 g/mol. The SMILES string of the molecule is C1=CCC=C1.C1=CCC=C1.CB1OC(C)(C)C(C)(C)O1.CC.CC.CC.CC.CC.CC.CCOP(=O)(Cc1ccc(C)cc1)OCC.CCOP(OCC)OCC.CCc1ccc(C)cc1.[CH-]=Cc1ccc(C)cc1.[CH-]=Cc1ccc(C)cc1.[CH-]=O.[Y].[Y].[Y]. The van der Waals surface area contributed by atoms with E-state index in [1.807, 2.05) is 204 Å². The molecule has 3 aliphatic rings. The van der Waals surface area contributed by atoms with Gasteiger partial charge in [0.2, 0.25) is 0 Å². The van der Waals surface area contributed by atoms with E-state index < -0.39 is 16.2 Å². The van der Waals surface area contributed by atoms with Gasteiger partial charge in [0.05, 0.1) is 50.4 Å². The molecule has 1 fully saturated rings. The van der Waals surface area contributed by atoms with Crippen molar-refractivity contribution in [3.63, 3.8) is 0 Å². The maximum absolute atomic E-state index is 12.2. The van der Waals surface area contributed by atoms with Gasteiger partial charge in [0.1, 0.15) is 0 Å². The average Bonchev–Trinajstić information content (AvgIpc) is 1.79. The summed E-state index contributed by atoms with van der Waals surface area (Å²) in [5, 5.41) is 0. The molecule has 9 nitrogen and oxygen atoms in total. The van der Waals surface area contributed by atoms with E-state index in [1.165, 1.54) is 27.8 Å². The fourth-order valence-corrected chi connectivity index (χ4v) is 8.53. The number of benzene rings is 4. The monoisotopic (exact) mass is 1510 g/mol. The molecule has 3 radical (unpaired) electrons. The molecule has 0 spiro atoms. The summed E-state index contributed by atoms with van der Waals surface area (Å²) >= 11 is 0. The molecular weight excluding hydrogens is 1380 g/mol. The molecule has 15 heteroatoms. The molecule has 0 unspecified atom stereocenters. The van der Waals surface area contributed by atoms with Crippen molar-refractivity contribution in [3.8, 4) is 0 Å². The first-order valence-electron chi connectivity index (χ1n) is 31.9. The van der Waals surface area contributed by atoms with Crippen LogP contribution in [0.3, 0.4) is 0 Å². The van der Waals surface area contributed by atoms with E-state index >= 15 is 0 Å². The van der Waals surface area contributed by atoms with E-state index in [4.69, 9.17) is 49.9 Å². The summed E-state index contributed by atoms with van der Waals surface area (Å²) < 4.78 is 49.2. The predicted molar refractivity (Wildman–Crippen MR) is 391 cm³/mol. The second kappa shape index (κ2) is 83.8. The molecule has 0 N–H and O–H groups in total. The normalized spacial score (nSPS) is 11.7. The van der Waals surface area contributed by atoms with E-state index in [1.54, 1.807) is 12.2 Å². The van der Waals surface area contributed by atoms with E-state index in [9.17, 15) is 4.57 Å². The number of hydrogen-bond acceptors (Lipinski definition) is 9. The van der Waals surface area contributed by atoms with E-state index in [0.29, 0.717) is 39.2 Å². The number of allylic oxidation sites excluding steroid dienone is 8. The van der Waals surface area contributed by atoms with Gasteiger partial charge in [0.15, 0.2) is 0 Å². The van der Waals surface area contributed by atoms with Gasteiger partial charge in [-0.15, -0.1) is 24.3 Å². The molecule has 0 saturated carbocycles. The van der Waals surface area contributed by atoms with Gasteiger partial charge >= 0.3 is 23.3 Å². The molecule has 0 bridgehead atoms. The number of aryl methyl sites for hydroxylation is 5. The summed E-state index contributed by atoms with van der Waals surface area (Å²) in [5.41, 5.74) is 9.27. The van der Waals surface area contributed by atoms with Gasteiger partial charge in [-0.05, 0) is 127 Å². The van der Waals surface area contributed by atoms with Crippen LogP contribution >= 0.6 is 16.2 Å². The largest absolute Gasteiger partial charge is 0.545 e. The first-order valence-corrected chi connectivity index (χ1v) is 34.7. The van der Waals surface area contributed by atoms with Crippen molar-refractivity contribution in [2.45, 2.75) is 223 Å². The van der Waals surface area contributed by atoms with Crippen molar-refractivity contribution in [2.75, 3.05) is 33.0 Å². The predicted octanol–water partition coefficient (Wildman–Crippen LogP) is 24.1. The third-order valence-corrected chi connectivity index (χ3v) is 14.1. The van der Waals surface area contributed by atoms with Crippen LogP contribution in [0.2, 0.25) is 6.82 Å². The van der Waals surface area contributed by atoms with Gasteiger partial charge < -0.3 is 36.7 Å². The second-order valence-electron chi connectivity index (χ2n) is 17.6. The maximum atomic E-state index is 12.2. The van der Waals surface area contributed by atoms with Gasteiger partial charge in [-0.2, -0.15) is 11.1 Å². The number of carbonyl (C=O) groups excluding carboxylic acids is 1. The summed E-state index contributed by atoms with van der Waals surface area (Å²) in [6.07, 6.45) is 23.7. The van der Waals surface area contributed by atoms with Crippen LogP contribution in [-0.4, -0.2) is 58.1 Å². The first kappa shape index (κ1) is 113. The van der Waals surface area contributed by atoms with Crippen molar-refractivity contribution in [1.29, 1.82) is 0 Å². The summed E-state index contributed by atoms with van der Waals surface area (Å²) in [7, 11) is -4.08. The smallest absolute Gasteiger partial charge is 0.454 e. The molecule has 507 valence electrons. The standard InChI is InChI=1S/C12H19O3P.C9H12.2C9H9.C7H15BO2.C6H15O3P.2C5H6.6C2H6.CHO.3Y/c1-4-14-16(13,15-5-2)10-12-8-6-11(3)7-9-12;3*1-3-9-6-4-8(2)5-7-9;1-6(2)7(3,4)10-8(5)9-6;1-4-7-10(8-5-2)9-6-3;2*1-2-4-5-3-1;7*1-2;;;/h6-9H,4-5,10H2,1-3H3;4-7H,3H2,1-2H3;2*1,3-7H,2H3;1-5H3;4-6H2,1-3H3;2*1-4H,5H2;6*1-2H3;1H;;;/q;;2*-1;;;;;;;;;;;-1;;;. The zero-order valence-corrected chi connectivity index (χ0v) is 72.3. The summed E-state index contributed by atoms with van der Waals surface area (Å²) in [6, 6.07) is 32.7. The van der Waals surface area contributed by atoms with Gasteiger partial charge in [-0.1, -0.05) is 234 Å². The van der Waals surface area contributed by atoms with Crippen LogP contribution in [-0.2, 0) is 152 Å². The first-order chi connectivity index (χ1) is 41.8. The maximum Gasteiger partial charge on any atom is 0.454 e. The van der Waals surface area contributed by atoms with Gasteiger partial charge in [-0.25, -0.2) is 12.2 Å². The van der Waals surface area contributed by atoms with Gasteiger partial charge in [0.25, 0.3) is 0 Å². The fourth-order valence-electron chi connectivity index (χ4n) is 5.97. The van der Waals surface area contributed by atoms with Crippen LogP contribution in [0.5, 0.6) is 0 Å². The third kappa shape index (κ3) is 69.6. The Labute approximate surface area is 634 Å². The Morgan fingerprint density at radius 1 is 0.456 bits per heavy atom. The second-order valence-corrected chi connectivity index (χ2v) is 20.8. The summed E-state index contributed by atoms with van der Waals surface area (Å²) in [4.78, 5) is 7.75. The zero-order chi connectivity index (χ0) is 69.0. The molecule has 0 aromatic heterocycles. The minimum absolute atomic E-state index is 0. The fraction of sp³-hybridized carbons (Fsp3) is 0.507. The number of hydrogen-bond donors (Lipinski definition) is 0. The molecule has 1 saturated heterocycles. The minimum atomic E-state index is -2.96. The molecular formula is C75H128BO9P2Y3-3. The molecule has 1 aliphatic heterocycles. The van der Waals surface area contributed by atoms with Crippen molar-refractivity contribution >= 4 is 42.3 Å². The van der Waals surface area contributed by atoms with Gasteiger partial charge in [-0.3, -0.25) is 24.5 Å². The molecule has 7 rings (SSSR count). The van der Waals surface area contributed by atoms with Crippen molar-refractivity contribution in [1.82, 2.24) is 0 Å². The van der Waals surface area contributed by atoms with Crippen molar-refractivity contribution < 1.29 is 139 Å². The van der Waals surface area contributed by atoms with Gasteiger partial charge in [0, 0.05) is 98.1 Å². The van der Waals surface area contributed by atoms with Crippen LogP contribution in [0.25, 0.3) is 12.2 Å². The topological polar surface area (TPSA) is 98.8 Å². The molecule has 2 aliphatic carbocycles. The van der Waals surface area contributed by atoms with Crippen molar-refractivity contribution in [2.24, 2.45) is 0 Å². The molecule has 0 amide bonds. The minimum Gasteiger partial charge on any atom is -0.545 e. The number of rotatable bonds is 15. The third-order valence-electron chi connectivity index (χ3n) is 10.6. The molecule has 4 aromatic carbocycles. The Balaban J connectivity index is -0.0000000864. The van der Waals surface area contributed by atoms with E-state index in [0.717, 1.165) is 36.0 Å². The molecule has 0 atom stereocenters.